The molecule has 8 nitrogen and oxygen atoms in total. The van der Waals surface area contributed by atoms with Crippen molar-refractivity contribution in [3.63, 3.8) is 0 Å². The lowest BCUT2D eigenvalue weighted by molar-refractivity contribution is -0.0948. The van der Waals surface area contributed by atoms with Gasteiger partial charge in [-0.05, 0) is 70.2 Å². The average Bonchev–Trinajstić information content (AvgIpc) is 2.77. The number of hydrogen-bond acceptors (Lipinski definition) is 6. The number of amides is 1. The van der Waals surface area contributed by atoms with E-state index in [2.05, 4.69) is 28.8 Å². The number of carbonyl (C=O) groups excluding carboxylic acids is 1. The summed E-state index contributed by atoms with van der Waals surface area (Å²) in [7, 11) is -2.31. The summed E-state index contributed by atoms with van der Waals surface area (Å²) in [5, 5.41) is 2.96. The Morgan fingerprint density at radius 1 is 1.12 bits per heavy atom. The maximum absolute atomic E-state index is 12.8. The number of methoxy groups -OCH3 is 1. The molecule has 0 unspecified atom stereocenters. The molecule has 2 aromatic rings. The van der Waals surface area contributed by atoms with Crippen LogP contribution >= 0.6 is 0 Å². The molecule has 0 spiro atoms. The smallest absolute Gasteiger partial charge is 0.261 e. The number of rotatable bonds is 8. The Balaban J connectivity index is 1.67. The molecule has 0 aliphatic carbocycles. The van der Waals surface area contributed by atoms with Gasteiger partial charge < -0.3 is 14.8 Å². The van der Waals surface area contributed by atoms with Gasteiger partial charge in [-0.2, -0.15) is 0 Å². The maximum atomic E-state index is 12.8. The van der Waals surface area contributed by atoms with Crippen LogP contribution in [0.25, 0.3) is 0 Å². The van der Waals surface area contributed by atoms with E-state index in [4.69, 9.17) is 9.47 Å². The van der Waals surface area contributed by atoms with Gasteiger partial charge in [0.2, 0.25) is 0 Å². The van der Waals surface area contributed by atoms with Gasteiger partial charge in [-0.1, -0.05) is 6.07 Å². The Hall–Kier alpha value is -2.62. The molecule has 1 fully saturated rings. The minimum atomic E-state index is -3.85. The number of nitrogens with one attached hydrogen (secondary N) is 2. The third-order valence-corrected chi connectivity index (χ3v) is 7.08. The van der Waals surface area contributed by atoms with Crippen LogP contribution in [0, 0.1) is 0 Å². The van der Waals surface area contributed by atoms with E-state index in [9.17, 15) is 13.2 Å². The molecule has 1 saturated heterocycles. The number of nitrogens with zero attached hydrogens (tertiary/aromatic N) is 1. The minimum absolute atomic E-state index is 0.0149. The highest BCUT2D eigenvalue weighted by Gasteiger charge is 2.33. The molecule has 1 aliphatic rings. The Kier molecular flexibility index (Phi) is 7.66. The maximum Gasteiger partial charge on any atom is 0.261 e. The molecule has 1 heterocycles. The average molecular weight is 476 g/mol. The molecule has 0 radical (unpaired) electrons. The molecule has 0 bridgehead atoms. The van der Waals surface area contributed by atoms with Gasteiger partial charge in [-0.25, -0.2) is 8.42 Å². The highest BCUT2D eigenvalue weighted by molar-refractivity contribution is 7.92. The lowest BCUT2D eigenvalue weighted by Gasteiger charge is -2.45. The molecule has 1 aliphatic heterocycles. The highest BCUT2D eigenvalue weighted by Crippen LogP contribution is 2.22. The van der Waals surface area contributed by atoms with Crippen LogP contribution in [-0.4, -0.2) is 63.7 Å². The second kappa shape index (κ2) is 10.1. The second-order valence-electron chi connectivity index (χ2n) is 9.02. The van der Waals surface area contributed by atoms with Crippen molar-refractivity contribution < 1.29 is 22.7 Å². The first-order chi connectivity index (χ1) is 15.5. The normalized spacial score (nSPS) is 19.7. The van der Waals surface area contributed by atoms with Crippen molar-refractivity contribution in [3.8, 4) is 5.75 Å². The number of ether oxygens (including phenoxy) is 2. The predicted octanol–water partition coefficient (Wildman–Crippen LogP) is 3.11. The van der Waals surface area contributed by atoms with E-state index in [0.717, 1.165) is 13.1 Å². The third kappa shape index (κ3) is 6.46. The summed E-state index contributed by atoms with van der Waals surface area (Å²) in [4.78, 5) is 15.2. The van der Waals surface area contributed by atoms with Crippen LogP contribution in [0.3, 0.4) is 0 Å². The van der Waals surface area contributed by atoms with Crippen molar-refractivity contribution in [1.29, 1.82) is 0 Å². The fraction of sp³-hybridized carbons (Fsp3) is 0.458. The van der Waals surface area contributed by atoms with Gasteiger partial charge in [0, 0.05) is 36.4 Å². The summed E-state index contributed by atoms with van der Waals surface area (Å²) in [5.41, 5.74) is 0.412. The quantitative estimate of drug-likeness (QED) is 0.609. The van der Waals surface area contributed by atoms with Crippen LogP contribution in [0.1, 0.15) is 38.1 Å². The summed E-state index contributed by atoms with van der Waals surface area (Å²) in [5.74, 6) is 0.305. The number of benzene rings is 2. The molecule has 1 amide bonds. The van der Waals surface area contributed by atoms with Crippen LogP contribution in [0.2, 0.25) is 0 Å². The Morgan fingerprint density at radius 3 is 2.36 bits per heavy atom. The van der Waals surface area contributed by atoms with E-state index in [0.29, 0.717) is 18.0 Å². The van der Waals surface area contributed by atoms with Gasteiger partial charge in [0.15, 0.2) is 0 Å². The minimum Gasteiger partial charge on any atom is -0.497 e. The van der Waals surface area contributed by atoms with Gasteiger partial charge in [0.1, 0.15) is 5.75 Å². The first kappa shape index (κ1) is 25.0. The van der Waals surface area contributed by atoms with Crippen molar-refractivity contribution in [2.75, 3.05) is 31.5 Å². The van der Waals surface area contributed by atoms with Crippen molar-refractivity contribution in [2.45, 2.75) is 50.3 Å². The van der Waals surface area contributed by atoms with Gasteiger partial charge >= 0.3 is 0 Å². The molecule has 3 rings (SSSR count). The molecular weight excluding hydrogens is 442 g/mol. The van der Waals surface area contributed by atoms with Crippen LogP contribution in [0.15, 0.2) is 53.4 Å². The standard InChI is InChI=1S/C24H33N3O5S/c1-17-14-27(15-18(2)32-17)24(3,4)16-25-23(28)19-7-6-8-22(13-19)33(29,30)26-20-9-11-21(31-5)12-10-20/h6-13,17-18,26H,14-16H2,1-5H3,(H,25,28)/t17-,18-/m0/s1. The van der Waals surface area contributed by atoms with Crippen LogP contribution < -0.4 is 14.8 Å². The predicted molar refractivity (Wildman–Crippen MR) is 128 cm³/mol. The molecule has 0 aromatic heterocycles. The molecule has 2 N–H and O–H groups in total. The van der Waals surface area contributed by atoms with Crippen LogP contribution in [0.4, 0.5) is 5.69 Å². The molecule has 9 heteroatoms. The van der Waals surface area contributed by atoms with E-state index < -0.39 is 10.0 Å². The molecule has 2 aromatic carbocycles. The Labute approximate surface area is 196 Å². The van der Waals surface area contributed by atoms with Crippen LogP contribution in [0.5, 0.6) is 5.75 Å². The first-order valence-electron chi connectivity index (χ1n) is 11.0. The second-order valence-corrected chi connectivity index (χ2v) is 10.7. The molecule has 180 valence electrons. The lowest BCUT2D eigenvalue weighted by Crippen LogP contribution is -2.58. The number of carbonyl (C=O) groups is 1. The van der Waals surface area contributed by atoms with Crippen molar-refractivity contribution in [3.05, 3.63) is 54.1 Å². The fourth-order valence-electron chi connectivity index (χ4n) is 3.86. The fourth-order valence-corrected chi connectivity index (χ4v) is 4.96. The van der Waals surface area contributed by atoms with E-state index >= 15 is 0 Å². The molecule has 0 saturated carbocycles. The van der Waals surface area contributed by atoms with E-state index in [1.807, 2.05) is 13.8 Å². The monoisotopic (exact) mass is 475 g/mol. The summed E-state index contributed by atoms with van der Waals surface area (Å²) >= 11 is 0. The van der Waals surface area contributed by atoms with Gasteiger partial charge in [0.05, 0.1) is 24.2 Å². The van der Waals surface area contributed by atoms with Gasteiger partial charge in [-0.3, -0.25) is 14.4 Å². The molecular formula is C24H33N3O5S. The summed E-state index contributed by atoms with van der Waals surface area (Å²) < 4.78 is 39.1. The van der Waals surface area contributed by atoms with Crippen molar-refractivity contribution >= 4 is 21.6 Å². The zero-order valence-electron chi connectivity index (χ0n) is 19.8. The third-order valence-electron chi connectivity index (χ3n) is 5.71. The zero-order valence-corrected chi connectivity index (χ0v) is 20.6. The number of sulfonamides is 1. The van der Waals surface area contributed by atoms with E-state index in [1.165, 1.54) is 12.1 Å². The number of morpholine rings is 1. The largest absolute Gasteiger partial charge is 0.497 e. The van der Waals surface area contributed by atoms with Crippen LogP contribution in [-0.2, 0) is 14.8 Å². The van der Waals surface area contributed by atoms with Gasteiger partial charge in [-0.15, -0.1) is 0 Å². The Morgan fingerprint density at radius 2 is 1.76 bits per heavy atom. The van der Waals surface area contributed by atoms with Gasteiger partial charge in [0.25, 0.3) is 15.9 Å². The molecule has 2 atom stereocenters. The molecule has 33 heavy (non-hydrogen) atoms. The summed E-state index contributed by atoms with van der Waals surface area (Å²) in [6, 6.07) is 12.6. The van der Waals surface area contributed by atoms with Crippen molar-refractivity contribution in [2.24, 2.45) is 0 Å². The zero-order chi connectivity index (χ0) is 24.2. The summed E-state index contributed by atoms with van der Waals surface area (Å²) in [6.45, 7) is 10.3. The lowest BCUT2D eigenvalue weighted by atomic mass is 10.00. The Bertz CT molecular complexity index is 1060. The first-order valence-corrected chi connectivity index (χ1v) is 12.4. The SMILES string of the molecule is COc1ccc(NS(=O)(=O)c2cccc(C(=O)NCC(C)(C)N3C[C@H](C)O[C@@H](C)C3)c2)cc1. The topological polar surface area (TPSA) is 97.0 Å². The van der Waals surface area contributed by atoms with E-state index in [1.54, 1.807) is 43.5 Å². The van der Waals surface area contributed by atoms with E-state index in [-0.39, 0.29) is 34.1 Å². The number of anilines is 1. The number of hydrogen-bond donors (Lipinski definition) is 2. The van der Waals surface area contributed by atoms with Crippen molar-refractivity contribution in [1.82, 2.24) is 10.2 Å². The highest BCUT2D eigenvalue weighted by atomic mass is 32.2. The summed E-state index contributed by atoms with van der Waals surface area (Å²) in [6.07, 6.45) is 0.257.